The van der Waals surface area contributed by atoms with Gasteiger partial charge in [0, 0.05) is 11.3 Å². The number of ketones is 1. The number of hydrogen-bond acceptors (Lipinski definition) is 3. The van der Waals surface area contributed by atoms with Crippen LogP contribution < -0.4 is 5.32 Å². The maximum atomic E-state index is 12.8. The van der Waals surface area contributed by atoms with E-state index in [1.165, 1.54) is 6.07 Å². The highest BCUT2D eigenvalue weighted by Gasteiger charge is 2.32. The Labute approximate surface area is 120 Å². The molecule has 0 bridgehead atoms. The molecule has 1 rings (SSSR count). The first-order valence-corrected chi connectivity index (χ1v) is 6.12. The first-order chi connectivity index (χ1) is 9.38. The van der Waals surface area contributed by atoms with Gasteiger partial charge in [-0.1, -0.05) is 0 Å². The van der Waals surface area contributed by atoms with E-state index in [0.717, 1.165) is 19.1 Å². The van der Waals surface area contributed by atoms with E-state index in [2.05, 4.69) is 5.32 Å². The van der Waals surface area contributed by atoms with Crippen molar-refractivity contribution in [1.82, 2.24) is 0 Å². The quantitative estimate of drug-likeness (QED) is 0.831. The third kappa shape index (κ3) is 5.45. The summed E-state index contributed by atoms with van der Waals surface area (Å²) in [7, 11) is 0. The number of carbonyl (C=O) groups is 2. The van der Waals surface area contributed by atoms with Gasteiger partial charge in [-0.25, -0.2) is 4.79 Å². The van der Waals surface area contributed by atoms with Gasteiger partial charge >= 0.3 is 12.3 Å². The Bertz CT molecular complexity index is 560. The third-order valence-electron chi connectivity index (χ3n) is 2.31. The number of rotatable bonds is 2. The number of ether oxygens (including phenoxy) is 1. The fourth-order valence-electron chi connectivity index (χ4n) is 1.49. The zero-order valence-electron chi connectivity index (χ0n) is 12.1. The van der Waals surface area contributed by atoms with Gasteiger partial charge in [-0.3, -0.25) is 10.1 Å². The summed E-state index contributed by atoms with van der Waals surface area (Å²) < 4.78 is 43.2. The van der Waals surface area contributed by atoms with Crippen LogP contribution in [0.1, 0.15) is 43.6 Å². The Kier molecular flexibility index (Phi) is 4.65. The summed E-state index contributed by atoms with van der Waals surface area (Å²) in [5.74, 6) is -0.534. The van der Waals surface area contributed by atoms with Gasteiger partial charge in [-0.2, -0.15) is 13.2 Å². The summed E-state index contributed by atoms with van der Waals surface area (Å²) in [4.78, 5) is 22.9. The molecule has 116 valence electrons. The number of halogens is 3. The van der Waals surface area contributed by atoms with Crippen LogP contribution in [-0.2, 0) is 10.9 Å². The number of alkyl halides is 3. The minimum absolute atomic E-state index is 0.143. The van der Waals surface area contributed by atoms with Gasteiger partial charge in [-0.05, 0) is 45.9 Å². The molecule has 1 N–H and O–H groups in total. The van der Waals surface area contributed by atoms with Crippen LogP contribution in [0.3, 0.4) is 0 Å². The second kappa shape index (κ2) is 5.75. The second-order valence-electron chi connectivity index (χ2n) is 5.48. The fourth-order valence-corrected chi connectivity index (χ4v) is 1.49. The van der Waals surface area contributed by atoms with Gasteiger partial charge in [0.05, 0.1) is 5.56 Å². The zero-order valence-corrected chi connectivity index (χ0v) is 12.1. The summed E-state index contributed by atoms with van der Waals surface area (Å²) in [6.45, 7) is 6.02. The summed E-state index contributed by atoms with van der Waals surface area (Å²) in [5.41, 5.74) is -2.09. The highest BCUT2D eigenvalue weighted by Crippen LogP contribution is 2.32. The lowest BCUT2D eigenvalue weighted by Crippen LogP contribution is -2.27. The van der Waals surface area contributed by atoms with Crippen molar-refractivity contribution in [1.29, 1.82) is 0 Å². The van der Waals surface area contributed by atoms with Crippen LogP contribution in [0.25, 0.3) is 0 Å². The lowest BCUT2D eigenvalue weighted by Gasteiger charge is -2.20. The van der Waals surface area contributed by atoms with E-state index in [1.807, 2.05) is 0 Å². The summed E-state index contributed by atoms with van der Waals surface area (Å²) in [5, 5.41) is 2.19. The smallest absolute Gasteiger partial charge is 0.416 e. The van der Waals surface area contributed by atoms with Crippen LogP contribution in [0, 0.1) is 0 Å². The first kappa shape index (κ1) is 17.0. The first-order valence-electron chi connectivity index (χ1n) is 6.12. The van der Waals surface area contributed by atoms with Gasteiger partial charge in [0.2, 0.25) is 0 Å². The number of carbonyl (C=O) groups excluding carboxylic acids is 2. The second-order valence-corrected chi connectivity index (χ2v) is 5.48. The van der Waals surface area contributed by atoms with Crippen LogP contribution in [0.5, 0.6) is 0 Å². The molecule has 0 aliphatic carbocycles. The average Bonchev–Trinajstić information content (AvgIpc) is 2.24. The van der Waals surface area contributed by atoms with E-state index >= 15 is 0 Å². The van der Waals surface area contributed by atoms with Crippen molar-refractivity contribution < 1.29 is 27.5 Å². The van der Waals surface area contributed by atoms with Crippen LogP contribution in [0.15, 0.2) is 18.2 Å². The minimum atomic E-state index is -4.62. The number of hydrogen-bond donors (Lipinski definition) is 1. The molecule has 0 aromatic heterocycles. The largest absolute Gasteiger partial charge is 0.444 e. The van der Waals surface area contributed by atoms with Crippen LogP contribution in [-0.4, -0.2) is 17.5 Å². The van der Waals surface area contributed by atoms with Crippen molar-refractivity contribution in [2.75, 3.05) is 5.32 Å². The van der Waals surface area contributed by atoms with Gasteiger partial charge in [0.25, 0.3) is 0 Å². The average molecular weight is 303 g/mol. The maximum absolute atomic E-state index is 12.8. The molecular formula is C14H16F3NO3. The number of amides is 1. The molecule has 1 aromatic rings. The maximum Gasteiger partial charge on any atom is 0.416 e. The highest BCUT2D eigenvalue weighted by molar-refractivity contribution is 5.96. The van der Waals surface area contributed by atoms with E-state index in [9.17, 15) is 22.8 Å². The van der Waals surface area contributed by atoms with Crippen molar-refractivity contribution in [2.45, 2.75) is 39.5 Å². The number of Topliss-reactive ketones (excluding diaryl/α,β-unsaturated/α-hetero) is 1. The van der Waals surface area contributed by atoms with Gasteiger partial charge in [0.15, 0.2) is 5.78 Å². The molecule has 0 fully saturated rings. The Morgan fingerprint density at radius 2 is 1.67 bits per heavy atom. The lowest BCUT2D eigenvalue weighted by atomic mass is 10.1. The standard InChI is InChI=1S/C14H16F3NO3/c1-8(19)9-5-10(14(15,16)17)7-11(6-9)18-12(20)21-13(2,3)4/h5-7H,1-4H3,(H,18,20). The Hall–Kier alpha value is -2.05. The molecule has 0 heterocycles. The predicted molar refractivity (Wildman–Crippen MR) is 71.3 cm³/mol. The Balaban J connectivity index is 3.10. The summed E-state index contributed by atoms with van der Waals surface area (Å²) >= 11 is 0. The van der Waals surface area contributed by atoms with E-state index in [-0.39, 0.29) is 11.3 Å². The SMILES string of the molecule is CC(=O)c1cc(NC(=O)OC(C)(C)C)cc(C(F)(F)F)c1. The molecule has 0 aliphatic rings. The molecule has 21 heavy (non-hydrogen) atoms. The predicted octanol–water partition coefficient (Wildman–Crippen LogP) is 4.26. The van der Waals surface area contributed by atoms with Crippen molar-refractivity contribution >= 4 is 17.6 Å². The Morgan fingerprint density at radius 3 is 2.10 bits per heavy atom. The summed E-state index contributed by atoms with van der Waals surface area (Å²) in [6.07, 6.45) is -5.51. The number of anilines is 1. The van der Waals surface area contributed by atoms with E-state index in [4.69, 9.17) is 4.74 Å². The molecule has 1 aromatic carbocycles. The normalized spacial score (nSPS) is 12.0. The zero-order chi connectivity index (χ0) is 16.4. The summed E-state index contributed by atoms with van der Waals surface area (Å²) in [6, 6.07) is 2.65. The lowest BCUT2D eigenvalue weighted by molar-refractivity contribution is -0.137. The fraction of sp³-hybridized carbons (Fsp3) is 0.429. The van der Waals surface area contributed by atoms with Gasteiger partial charge in [0.1, 0.15) is 5.60 Å². The van der Waals surface area contributed by atoms with Crippen molar-refractivity contribution in [3.05, 3.63) is 29.3 Å². The van der Waals surface area contributed by atoms with Crippen molar-refractivity contribution in [3.8, 4) is 0 Å². The van der Waals surface area contributed by atoms with Crippen LogP contribution in [0.4, 0.5) is 23.7 Å². The molecule has 0 saturated heterocycles. The molecule has 0 spiro atoms. The van der Waals surface area contributed by atoms with Crippen molar-refractivity contribution in [3.63, 3.8) is 0 Å². The highest BCUT2D eigenvalue weighted by atomic mass is 19.4. The molecule has 0 atom stereocenters. The Morgan fingerprint density at radius 1 is 1.10 bits per heavy atom. The van der Waals surface area contributed by atoms with E-state index in [1.54, 1.807) is 20.8 Å². The molecule has 7 heteroatoms. The van der Waals surface area contributed by atoms with E-state index < -0.39 is 29.2 Å². The molecular weight excluding hydrogens is 287 g/mol. The molecule has 4 nitrogen and oxygen atoms in total. The van der Waals surface area contributed by atoms with Gasteiger partial charge in [-0.15, -0.1) is 0 Å². The monoisotopic (exact) mass is 303 g/mol. The molecule has 0 unspecified atom stereocenters. The van der Waals surface area contributed by atoms with Crippen molar-refractivity contribution in [2.24, 2.45) is 0 Å². The molecule has 0 saturated carbocycles. The molecule has 0 aliphatic heterocycles. The van der Waals surface area contributed by atoms with E-state index in [0.29, 0.717) is 0 Å². The number of benzene rings is 1. The third-order valence-corrected chi connectivity index (χ3v) is 2.31. The number of nitrogens with one attached hydrogen (secondary N) is 1. The molecule has 0 radical (unpaired) electrons. The van der Waals surface area contributed by atoms with Crippen LogP contribution >= 0.6 is 0 Å². The van der Waals surface area contributed by atoms with Gasteiger partial charge < -0.3 is 4.74 Å². The van der Waals surface area contributed by atoms with Crippen LogP contribution in [0.2, 0.25) is 0 Å². The molecule has 1 amide bonds. The topological polar surface area (TPSA) is 55.4 Å². The minimum Gasteiger partial charge on any atom is -0.444 e.